The number of nitrogen functional groups attached to an aromatic ring is 1. The highest BCUT2D eigenvalue weighted by atomic mass is 19.1. The average Bonchev–Trinajstić information content (AvgIpc) is 2.34. The number of benzene rings is 1. The number of nitrogens with two attached hydrogens (primary N) is 1. The number of hydrogen-bond donors (Lipinski definition) is 2. The van der Waals surface area contributed by atoms with E-state index in [0.29, 0.717) is 25.4 Å². The Morgan fingerprint density at radius 1 is 1.44 bits per heavy atom. The van der Waals surface area contributed by atoms with Crippen molar-refractivity contribution in [3.63, 3.8) is 0 Å². The first kappa shape index (κ1) is 12.8. The minimum Gasteiger partial charge on any atom is -0.397 e. The summed E-state index contributed by atoms with van der Waals surface area (Å²) >= 11 is 0. The summed E-state index contributed by atoms with van der Waals surface area (Å²) in [6.45, 7) is 3.07. The molecule has 0 aliphatic carbocycles. The van der Waals surface area contributed by atoms with Gasteiger partial charge >= 0.3 is 0 Å². The van der Waals surface area contributed by atoms with Gasteiger partial charge < -0.3 is 15.8 Å². The van der Waals surface area contributed by atoms with Crippen LogP contribution in [-0.2, 0) is 9.53 Å². The van der Waals surface area contributed by atoms with E-state index in [-0.39, 0.29) is 11.6 Å². The van der Waals surface area contributed by atoms with Crippen LogP contribution in [0.2, 0.25) is 0 Å². The second kappa shape index (κ2) is 5.79. The molecule has 5 nitrogen and oxygen atoms in total. The van der Waals surface area contributed by atoms with Crippen LogP contribution < -0.4 is 11.1 Å². The van der Waals surface area contributed by atoms with Gasteiger partial charge in [-0.1, -0.05) is 0 Å². The van der Waals surface area contributed by atoms with E-state index in [4.69, 9.17) is 10.5 Å². The minimum absolute atomic E-state index is 0.157. The molecule has 0 aromatic heterocycles. The Bertz CT molecular complexity index is 433. The number of amides is 1. The fourth-order valence-corrected chi connectivity index (χ4v) is 1.80. The van der Waals surface area contributed by atoms with Crippen molar-refractivity contribution >= 4 is 17.3 Å². The number of anilines is 2. The number of hydrogen-bond acceptors (Lipinski definition) is 4. The molecular weight excluding hydrogens is 237 g/mol. The van der Waals surface area contributed by atoms with Gasteiger partial charge in [-0.05, 0) is 18.2 Å². The third kappa shape index (κ3) is 3.41. The summed E-state index contributed by atoms with van der Waals surface area (Å²) in [5, 5.41) is 2.67. The summed E-state index contributed by atoms with van der Waals surface area (Å²) < 4.78 is 18.0. The monoisotopic (exact) mass is 253 g/mol. The smallest absolute Gasteiger partial charge is 0.238 e. The summed E-state index contributed by atoms with van der Waals surface area (Å²) in [6, 6.07) is 3.91. The van der Waals surface area contributed by atoms with Crippen LogP contribution in [0.15, 0.2) is 18.2 Å². The van der Waals surface area contributed by atoms with E-state index in [2.05, 4.69) is 5.32 Å². The summed E-state index contributed by atoms with van der Waals surface area (Å²) in [7, 11) is 0. The number of nitrogens with zero attached hydrogens (tertiary/aromatic N) is 1. The molecule has 18 heavy (non-hydrogen) atoms. The van der Waals surface area contributed by atoms with Crippen LogP contribution in [0, 0.1) is 5.82 Å². The molecule has 0 spiro atoms. The number of carbonyl (C=O) groups is 1. The molecule has 3 N–H and O–H groups in total. The van der Waals surface area contributed by atoms with Gasteiger partial charge in [0.15, 0.2) is 0 Å². The third-order valence-electron chi connectivity index (χ3n) is 2.76. The fourth-order valence-electron chi connectivity index (χ4n) is 1.80. The van der Waals surface area contributed by atoms with Crippen LogP contribution in [0.1, 0.15) is 0 Å². The lowest BCUT2D eigenvalue weighted by atomic mass is 10.2. The Morgan fingerprint density at radius 3 is 2.83 bits per heavy atom. The number of rotatable bonds is 3. The van der Waals surface area contributed by atoms with Gasteiger partial charge in [0, 0.05) is 13.1 Å². The predicted molar refractivity (Wildman–Crippen MR) is 66.7 cm³/mol. The number of morpholine rings is 1. The van der Waals surface area contributed by atoms with Gasteiger partial charge in [-0.2, -0.15) is 0 Å². The maximum atomic E-state index is 12.8. The van der Waals surface area contributed by atoms with Crippen molar-refractivity contribution in [3.05, 3.63) is 24.0 Å². The SMILES string of the molecule is Nc1cc(F)ccc1NC(=O)CN1CCOCC1. The lowest BCUT2D eigenvalue weighted by molar-refractivity contribution is -0.118. The molecule has 0 bridgehead atoms. The van der Waals surface area contributed by atoms with Crippen LogP contribution in [0.25, 0.3) is 0 Å². The highest BCUT2D eigenvalue weighted by Gasteiger charge is 2.14. The maximum absolute atomic E-state index is 12.8. The van der Waals surface area contributed by atoms with Crippen molar-refractivity contribution in [1.82, 2.24) is 4.90 Å². The summed E-state index contributed by atoms with van der Waals surface area (Å²) in [5.41, 5.74) is 6.28. The van der Waals surface area contributed by atoms with Gasteiger partial charge in [-0.3, -0.25) is 9.69 Å². The first-order chi connectivity index (χ1) is 8.65. The molecular formula is C12H16FN3O2. The standard InChI is InChI=1S/C12H16FN3O2/c13-9-1-2-11(10(14)7-9)15-12(17)8-16-3-5-18-6-4-16/h1-2,7H,3-6,8,14H2,(H,15,17). The summed E-state index contributed by atoms with van der Waals surface area (Å²) in [4.78, 5) is 13.8. The Morgan fingerprint density at radius 2 is 2.17 bits per heavy atom. The molecule has 0 saturated carbocycles. The second-order valence-corrected chi connectivity index (χ2v) is 4.17. The lowest BCUT2D eigenvalue weighted by Crippen LogP contribution is -2.41. The van der Waals surface area contributed by atoms with Gasteiger partial charge in [-0.25, -0.2) is 4.39 Å². The molecule has 1 fully saturated rings. The molecule has 1 amide bonds. The molecule has 1 aromatic rings. The van der Waals surface area contributed by atoms with Gasteiger partial charge in [0.25, 0.3) is 0 Å². The van der Waals surface area contributed by atoms with Crippen LogP contribution in [-0.4, -0.2) is 43.7 Å². The van der Waals surface area contributed by atoms with Crippen LogP contribution >= 0.6 is 0 Å². The topological polar surface area (TPSA) is 67.6 Å². The number of ether oxygens (including phenoxy) is 1. The van der Waals surface area contributed by atoms with Gasteiger partial charge in [0.2, 0.25) is 5.91 Å². The molecule has 6 heteroatoms. The molecule has 0 unspecified atom stereocenters. The second-order valence-electron chi connectivity index (χ2n) is 4.17. The molecule has 0 radical (unpaired) electrons. The van der Waals surface area contributed by atoms with Crippen LogP contribution in [0.4, 0.5) is 15.8 Å². The molecule has 1 aromatic carbocycles. The zero-order valence-corrected chi connectivity index (χ0v) is 9.99. The van der Waals surface area contributed by atoms with E-state index in [9.17, 15) is 9.18 Å². The van der Waals surface area contributed by atoms with Crippen molar-refractivity contribution in [3.8, 4) is 0 Å². The normalized spacial score (nSPS) is 16.5. The quantitative estimate of drug-likeness (QED) is 0.777. The largest absolute Gasteiger partial charge is 0.397 e. The van der Waals surface area contributed by atoms with E-state index in [1.54, 1.807) is 0 Å². The first-order valence-corrected chi connectivity index (χ1v) is 5.80. The average molecular weight is 253 g/mol. The number of carbonyl (C=O) groups excluding carboxylic acids is 1. The van der Waals surface area contributed by atoms with Crippen molar-refractivity contribution in [2.24, 2.45) is 0 Å². The molecule has 1 heterocycles. The van der Waals surface area contributed by atoms with Crippen LogP contribution in [0.5, 0.6) is 0 Å². The summed E-state index contributed by atoms with van der Waals surface area (Å²) in [5.74, 6) is -0.575. The minimum atomic E-state index is -0.418. The zero-order chi connectivity index (χ0) is 13.0. The van der Waals surface area contributed by atoms with E-state index in [0.717, 1.165) is 13.1 Å². The Balaban J connectivity index is 1.90. The third-order valence-corrected chi connectivity index (χ3v) is 2.76. The first-order valence-electron chi connectivity index (χ1n) is 5.80. The zero-order valence-electron chi connectivity index (χ0n) is 9.99. The molecule has 0 atom stereocenters. The molecule has 1 aliphatic rings. The Labute approximate surface area is 105 Å². The molecule has 1 saturated heterocycles. The van der Waals surface area contributed by atoms with Gasteiger partial charge in [0.05, 0.1) is 31.1 Å². The molecule has 2 rings (SSSR count). The van der Waals surface area contributed by atoms with Gasteiger partial charge in [-0.15, -0.1) is 0 Å². The van der Waals surface area contributed by atoms with Crippen LogP contribution in [0.3, 0.4) is 0 Å². The van der Waals surface area contributed by atoms with Crippen molar-refractivity contribution in [2.45, 2.75) is 0 Å². The van der Waals surface area contributed by atoms with Crippen molar-refractivity contribution in [2.75, 3.05) is 43.9 Å². The van der Waals surface area contributed by atoms with Crippen molar-refractivity contribution in [1.29, 1.82) is 0 Å². The van der Waals surface area contributed by atoms with Gasteiger partial charge in [0.1, 0.15) is 5.82 Å². The van der Waals surface area contributed by atoms with E-state index >= 15 is 0 Å². The van der Waals surface area contributed by atoms with E-state index in [1.807, 2.05) is 4.90 Å². The van der Waals surface area contributed by atoms with E-state index in [1.165, 1.54) is 18.2 Å². The highest BCUT2D eigenvalue weighted by molar-refractivity contribution is 5.95. The highest BCUT2D eigenvalue weighted by Crippen LogP contribution is 2.18. The predicted octanol–water partition coefficient (Wildman–Crippen LogP) is 0.679. The number of halogens is 1. The summed E-state index contributed by atoms with van der Waals surface area (Å²) in [6.07, 6.45) is 0. The Hall–Kier alpha value is -1.66. The fraction of sp³-hybridized carbons (Fsp3) is 0.417. The van der Waals surface area contributed by atoms with Crippen molar-refractivity contribution < 1.29 is 13.9 Å². The molecule has 98 valence electrons. The maximum Gasteiger partial charge on any atom is 0.238 e. The number of nitrogens with one attached hydrogen (secondary N) is 1. The van der Waals surface area contributed by atoms with E-state index < -0.39 is 5.82 Å². The Kier molecular flexibility index (Phi) is 4.11. The molecule has 1 aliphatic heterocycles. The lowest BCUT2D eigenvalue weighted by Gasteiger charge is -2.25.